The lowest BCUT2D eigenvalue weighted by Crippen LogP contribution is -2.50. The van der Waals surface area contributed by atoms with Crippen molar-refractivity contribution in [3.05, 3.63) is 48.2 Å². The van der Waals surface area contributed by atoms with Crippen LogP contribution in [0.1, 0.15) is 25.5 Å². The molecule has 0 spiro atoms. The quantitative estimate of drug-likeness (QED) is 0.432. The molecule has 6 N–H and O–H groups in total. The number of amides is 1. The van der Waals surface area contributed by atoms with E-state index in [0.717, 1.165) is 0 Å². The molecule has 10 nitrogen and oxygen atoms in total. The predicted octanol–water partition coefficient (Wildman–Crippen LogP) is 1.72. The summed E-state index contributed by atoms with van der Waals surface area (Å²) in [5.74, 6) is -0.00701. The monoisotopic (exact) mass is 441 g/mol. The Morgan fingerprint density at radius 1 is 1.25 bits per heavy atom. The maximum atomic E-state index is 13.5. The highest BCUT2D eigenvalue weighted by molar-refractivity contribution is 5.77. The van der Waals surface area contributed by atoms with Crippen molar-refractivity contribution in [2.24, 2.45) is 11.5 Å². The van der Waals surface area contributed by atoms with E-state index in [1.807, 2.05) is 6.92 Å². The van der Waals surface area contributed by atoms with Crippen LogP contribution < -0.4 is 16.8 Å². The zero-order chi connectivity index (χ0) is 22.7. The second-order valence-electron chi connectivity index (χ2n) is 7.87. The van der Waals surface area contributed by atoms with Gasteiger partial charge in [0.15, 0.2) is 5.82 Å². The zero-order valence-corrected chi connectivity index (χ0v) is 17.5. The van der Waals surface area contributed by atoms with Gasteiger partial charge in [0.2, 0.25) is 18.1 Å². The Morgan fingerprint density at radius 2 is 1.97 bits per heavy atom. The van der Waals surface area contributed by atoms with Crippen LogP contribution in [0.2, 0.25) is 0 Å². The molecule has 1 aromatic carbocycles. The Kier molecular flexibility index (Phi) is 6.12. The van der Waals surface area contributed by atoms with Gasteiger partial charge in [0.05, 0.1) is 35.8 Å². The molecule has 3 heterocycles. The molecule has 1 aliphatic heterocycles. The van der Waals surface area contributed by atoms with Gasteiger partial charge in [-0.15, -0.1) is 0 Å². The summed E-state index contributed by atoms with van der Waals surface area (Å²) in [6.45, 7) is 2.76. The third kappa shape index (κ3) is 5.07. The number of hydrogen-bond acceptors (Lipinski definition) is 8. The predicted molar refractivity (Wildman–Crippen MR) is 115 cm³/mol. The molecule has 1 aliphatic rings. The van der Waals surface area contributed by atoms with Gasteiger partial charge in [0, 0.05) is 24.7 Å². The van der Waals surface area contributed by atoms with Crippen molar-refractivity contribution in [2.45, 2.75) is 25.2 Å². The van der Waals surface area contributed by atoms with E-state index in [1.165, 1.54) is 12.1 Å². The first kappa shape index (κ1) is 21.8. The van der Waals surface area contributed by atoms with Crippen LogP contribution in [0.3, 0.4) is 0 Å². The number of aromatic amines is 1. The number of H-pyrrole nitrogens is 1. The topological polar surface area (TPSA) is 154 Å². The molecule has 2 aromatic heterocycles. The Bertz CT molecular complexity index is 1090. The fourth-order valence-corrected chi connectivity index (χ4v) is 3.17. The van der Waals surface area contributed by atoms with Crippen LogP contribution in [0.4, 0.5) is 10.3 Å². The third-order valence-electron chi connectivity index (χ3n) is 4.76. The molecular weight excluding hydrogens is 417 g/mol. The molecule has 1 amide bonds. The van der Waals surface area contributed by atoms with E-state index in [2.05, 4.69) is 25.3 Å². The van der Waals surface area contributed by atoms with E-state index < -0.39 is 17.7 Å². The number of aromatic nitrogens is 4. The molecule has 168 valence electrons. The third-order valence-corrected chi connectivity index (χ3v) is 4.76. The number of nitrogens with one attached hydrogen (secondary N) is 2. The smallest absolute Gasteiger partial charge is 0.223 e. The summed E-state index contributed by atoms with van der Waals surface area (Å²) in [6.07, 6.45) is 1.01. The van der Waals surface area contributed by atoms with Crippen LogP contribution in [0.25, 0.3) is 22.6 Å². The van der Waals surface area contributed by atoms with Crippen molar-refractivity contribution in [1.29, 1.82) is 0 Å². The average molecular weight is 441 g/mol. The van der Waals surface area contributed by atoms with Crippen molar-refractivity contribution >= 4 is 11.9 Å². The highest BCUT2D eigenvalue weighted by atomic mass is 19.1. The van der Waals surface area contributed by atoms with E-state index >= 15 is 0 Å². The van der Waals surface area contributed by atoms with Crippen molar-refractivity contribution in [3.63, 3.8) is 0 Å². The average Bonchev–Trinajstić information content (AvgIpc) is 3.19. The maximum Gasteiger partial charge on any atom is 0.223 e. The summed E-state index contributed by atoms with van der Waals surface area (Å²) >= 11 is 0. The number of benzene rings is 1. The molecule has 0 saturated carbocycles. The molecule has 0 bridgehead atoms. The second-order valence-corrected chi connectivity index (χ2v) is 7.87. The van der Waals surface area contributed by atoms with Crippen molar-refractivity contribution in [1.82, 2.24) is 19.9 Å². The molecule has 0 radical (unpaired) electrons. The Morgan fingerprint density at radius 3 is 2.66 bits per heavy atom. The molecule has 1 saturated heterocycles. The number of rotatable bonds is 7. The highest BCUT2D eigenvalue weighted by Crippen LogP contribution is 2.33. The largest absolute Gasteiger partial charge is 0.370 e. The van der Waals surface area contributed by atoms with Gasteiger partial charge in [0.25, 0.3) is 0 Å². The van der Waals surface area contributed by atoms with Gasteiger partial charge in [-0.3, -0.25) is 4.79 Å². The Hall–Kier alpha value is -3.41. The van der Waals surface area contributed by atoms with E-state index in [0.29, 0.717) is 54.2 Å². The minimum absolute atomic E-state index is 0.152. The zero-order valence-electron chi connectivity index (χ0n) is 17.5. The van der Waals surface area contributed by atoms with Crippen LogP contribution in [-0.2, 0) is 14.3 Å². The first-order valence-corrected chi connectivity index (χ1v) is 10.0. The number of halogens is 1. The summed E-state index contributed by atoms with van der Waals surface area (Å²) in [7, 11) is 0. The Balaban J connectivity index is 1.68. The van der Waals surface area contributed by atoms with Gasteiger partial charge in [-0.25, -0.2) is 19.3 Å². The number of carbonyl (C=O) groups is 1. The maximum absolute atomic E-state index is 13.5. The Labute approximate surface area is 183 Å². The minimum Gasteiger partial charge on any atom is -0.370 e. The second kappa shape index (κ2) is 8.99. The molecule has 32 heavy (non-hydrogen) atoms. The lowest BCUT2D eigenvalue weighted by molar-refractivity contribution is -0.211. The van der Waals surface area contributed by atoms with Gasteiger partial charge in [-0.05, 0) is 37.3 Å². The number of imidazole rings is 1. The van der Waals surface area contributed by atoms with Gasteiger partial charge >= 0.3 is 0 Å². The molecule has 0 unspecified atom stereocenters. The molecule has 0 aliphatic carbocycles. The molecule has 11 heteroatoms. The van der Waals surface area contributed by atoms with Crippen LogP contribution in [0.15, 0.2) is 36.5 Å². The summed E-state index contributed by atoms with van der Waals surface area (Å²) < 4.78 is 25.0. The molecule has 4 rings (SSSR count). The summed E-state index contributed by atoms with van der Waals surface area (Å²) in [5, 5.41) is 2.96. The van der Waals surface area contributed by atoms with Gasteiger partial charge in [-0.2, -0.15) is 0 Å². The number of anilines is 1. The number of carbonyl (C=O) groups excluding carboxylic acids is 1. The summed E-state index contributed by atoms with van der Waals surface area (Å²) in [6, 6.07) is 7.69. The van der Waals surface area contributed by atoms with Crippen LogP contribution >= 0.6 is 0 Å². The molecular formula is C21H24FN7O3. The van der Waals surface area contributed by atoms with Crippen LogP contribution in [0.5, 0.6) is 0 Å². The van der Waals surface area contributed by atoms with Gasteiger partial charge < -0.3 is 31.2 Å². The van der Waals surface area contributed by atoms with E-state index in [1.54, 1.807) is 24.4 Å². The van der Waals surface area contributed by atoms with Gasteiger partial charge in [-0.1, -0.05) is 0 Å². The van der Waals surface area contributed by atoms with E-state index in [-0.39, 0.29) is 12.2 Å². The highest BCUT2D eigenvalue weighted by Gasteiger charge is 2.32. The summed E-state index contributed by atoms with van der Waals surface area (Å²) in [4.78, 5) is 27.5. The lowest BCUT2D eigenvalue weighted by atomic mass is 10.1. The number of nitrogens with two attached hydrogens (primary N) is 2. The minimum atomic E-state index is -0.727. The SMILES string of the molecule is CC1(N)COC(c2nc(-c3ccc(F)cc3)c(-c3ccnc(NCCC(N)=O)n3)[nH]2)OC1. The molecule has 1 fully saturated rings. The van der Waals surface area contributed by atoms with Crippen molar-refractivity contribution < 1.29 is 18.7 Å². The fraction of sp³-hybridized carbons (Fsp3) is 0.333. The number of primary amides is 1. The molecule has 3 aromatic rings. The molecule has 0 atom stereocenters. The number of hydrogen-bond donors (Lipinski definition) is 4. The fourth-order valence-electron chi connectivity index (χ4n) is 3.17. The van der Waals surface area contributed by atoms with Crippen LogP contribution in [-0.4, -0.2) is 51.1 Å². The standard InChI is InChI=1S/C21H24FN7O3/c1-21(24)10-31-19(32-11-21)18-28-16(12-2-4-13(22)5-3-12)17(29-18)14-6-8-25-20(27-14)26-9-7-15(23)30/h2-6,8,19H,7,9-11,24H2,1H3,(H2,23,30)(H,28,29)(H,25,26,27). The number of nitrogens with zero attached hydrogens (tertiary/aromatic N) is 3. The van der Waals surface area contributed by atoms with Crippen molar-refractivity contribution in [2.75, 3.05) is 25.1 Å². The number of ether oxygens (including phenoxy) is 2. The van der Waals surface area contributed by atoms with Gasteiger partial charge in [0.1, 0.15) is 5.82 Å². The first-order chi connectivity index (χ1) is 15.3. The van der Waals surface area contributed by atoms with E-state index in [4.69, 9.17) is 20.9 Å². The first-order valence-electron chi connectivity index (χ1n) is 10.0. The normalized spacial score (nSPS) is 20.8. The van der Waals surface area contributed by atoms with Crippen molar-refractivity contribution in [3.8, 4) is 22.6 Å². The summed E-state index contributed by atoms with van der Waals surface area (Å²) in [5.41, 5.74) is 13.0. The van der Waals surface area contributed by atoms with E-state index in [9.17, 15) is 9.18 Å². The van der Waals surface area contributed by atoms with Crippen LogP contribution in [0, 0.1) is 5.82 Å². The lowest BCUT2D eigenvalue weighted by Gasteiger charge is -2.33.